The van der Waals surface area contributed by atoms with Crippen LogP contribution < -0.4 is 0 Å². The summed E-state index contributed by atoms with van der Waals surface area (Å²) in [6.07, 6.45) is 1.78. The summed E-state index contributed by atoms with van der Waals surface area (Å²) in [6, 6.07) is 0. The molecular formula is C3H4ClPd. The maximum atomic E-state index is 5.26. The zero-order chi connectivity index (χ0) is 4.28. The molecule has 0 heterocycles. The predicted molar refractivity (Wildman–Crippen MR) is 19.6 cm³/mol. The fourth-order valence-corrected chi connectivity index (χ4v) is 0. The molecule has 0 rings (SSSR count). The Morgan fingerprint density at radius 2 is 2.20 bits per heavy atom. The third kappa shape index (κ3) is 4.69. The van der Waals surface area contributed by atoms with Crippen LogP contribution in [0.1, 0.15) is 6.92 Å². The molecule has 0 N–H and O–H groups in total. The third-order valence-electron chi connectivity index (χ3n) is 0.200. The van der Waals surface area contributed by atoms with Gasteiger partial charge < -0.3 is 0 Å². The molecule has 0 aromatic rings. The average Bonchev–Trinajstić information content (AvgIpc) is 1.38. The normalized spacial score (nSPS) is 12.4. The van der Waals surface area contributed by atoms with Crippen LogP contribution in [0.3, 0.4) is 0 Å². The van der Waals surface area contributed by atoms with E-state index in [9.17, 15) is 0 Å². The summed E-state index contributed by atoms with van der Waals surface area (Å²) >= 11 is 8.03. The Morgan fingerprint density at radius 1 is 2.00 bits per heavy atom. The first-order valence-electron chi connectivity index (χ1n) is 1.21. The van der Waals surface area contributed by atoms with Crippen molar-refractivity contribution in [1.82, 2.24) is 0 Å². The molecule has 0 aromatic carbocycles. The average molecular weight is 182 g/mol. The Labute approximate surface area is 47.6 Å². The van der Waals surface area contributed by atoms with Crippen molar-refractivity contribution in [2.45, 2.75) is 6.92 Å². The van der Waals surface area contributed by atoms with E-state index in [2.05, 4.69) is 19.2 Å². The van der Waals surface area contributed by atoms with Crippen molar-refractivity contribution >= 4 is 11.6 Å². The van der Waals surface area contributed by atoms with Crippen LogP contribution in [0.5, 0.6) is 0 Å². The van der Waals surface area contributed by atoms with Crippen LogP contribution in [0.2, 0.25) is 0 Å². The second kappa shape index (κ2) is 2.91. The molecule has 0 fully saturated rings. The van der Waals surface area contributed by atoms with Gasteiger partial charge in [0.25, 0.3) is 0 Å². The van der Waals surface area contributed by atoms with Crippen molar-refractivity contribution in [3.05, 3.63) is 9.58 Å². The van der Waals surface area contributed by atoms with E-state index in [0.29, 0.717) is 3.51 Å². The molecule has 0 amide bonds. The van der Waals surface area contributed by atoms with E-state index in [0.717, 1.165) is 0 Å². The van der Waals surface area contributed by atoms with Crippen molar-refractivity contribution < 1.29 is 19.2 Å². The Bertz CT molecular complexity index is 44.9. The van der Waals surface area contributed by atoms with Gasteiger partial charge in [-0.25, -0.2) is 0 Å². The van der Waals surface area contributed by atoms with Gasteiger partial charge in [0.2, 0.25) is 0 Å². The van der Waals surface area contributed by atoms with Crippen LogP contribution in [0.4, 0.5) is 0 Å². The first kappa shape index (κ1) is 5.69. The monoisotopic (exact) mass is 181 g/mol. The van der Waals surface area contributed by atoms with E-state index in [1.54, 1.807) is 6.08 Å². The number of rotatable bonds is 0. The van der Waals surface area contributed by atoms with Crippen LogP contribution in [-0.4, -0.2) is 0 Å². The van der Waals surface area contributed by atoms with Gasteiger partial charge in [0, 0.05) is 0 Å². The van der Waals surface area contributed by atoms with E-state index in [-0.39, 0.29) is 0 Å². The van der Waals surface area contributed by atoms with E-state index < -0.39 is 0 Å². The Balaban J connectivity index is 3.14. The van der Waals surface area contributed by atoms with Gasteiger partial charge in [-0.1, -0.05) is 0 Å². The van der Waals surface area contributed by atoms with E-state index in [1.165, 1.54) is 0 Å². The fraction of sp³-hybridized carbons (Fsp3) is 0.333. The molecule has 0 aliphatic heterocycles. The molecule has 0 spiro atoms. The van der Waals surface area contributed by atoms with Gasteiger partial charge in [-0.15, -0.1) is 0 Å². The van der Waals surface area contributed by atoms with Crippen LogP contribution in [0.15, 0.2) is 9.58 Å². The first-order chi connectivity index (χ1) is 2.27. The molecule has 0 aliphatic carbocycles. The molecule has 0 aliphatic rings. The summed E-state index contributed by atoms with van der Waals surface area (Å²) in [5, 5.41) is 0. The minimum atomic E-state index is 0.702. The van der Waals surface area contributed by atoms with Crippen molar-refractivity contribution in [1.29, 1.82) is 0 Å². The molecule has 0 nitrogen and oxygen atoms in total. The van der Waals surface area contributed by atoms with Gasteiger partial charge in [-0.2, -0.15) is 0 Å². The van der Waals surface area contributed by atoms with Gasteiger partial charge in [0.05, 0.1) is 0 Å². The van der Waals surface area contributed by atoms with Gasteiger partial charge >= 0.3 is 47.3 Å². The maximum absolute atomic E-state index is 5.26. The molecule has 0 bridgehead atoms. The van der Waals surface area contributed by atoms with Crippen molar-refractivity contribution in [3.63, 3.8) is 0 Å². The number of hydrogen-bond donors (Lipinski definition) is 0. The quantitative estimate of drug-likeness (QED) is 0.499. The zero-order valence-corrected chi connectivity index (χ0v) is 5.08. The summed E-state index contributed by atoms with van der Waals surface area (Å²) in [6.45, 7) is 1.87. The SMILES string of the molecule is CC=[C](Cl)[Pd]. The van der Waals surface area contributed by atoms with Crippen molar-refractivity contribution in [2.75, 3.05) is 0 Å². The molecule has 2 heteroatoms. The second-order valence-corrected chi connectivity index (χ2v) is 2.22. The van der Waals surface area contributed by atoms with Gasteiger partial charge in [-0.05, 0) is 0 Å². The van der Waals surface area contributed by atoms with E-state index in [1.807, 2.05) is 6.92 Å². The van der Waals surface area contributed by atoms with Crippen molar-refractivity contribution in [3.8, 4) is 0 Å². The summed E-state index contributed by atoms with van der Waals surface area (Å²) in [7, 11) is 0. The van der Waals surface area contributed by atoms with Crippen LogP contribution >= 0.6 is 11.6 Å². The summed E-state index contributed by atoms with van der Waals surface area (Å²) in [5.74, 6) is 0. The van der Waals surface area contributed by atoms with Crippen LogP contribution in [0.25, 0.3) is 0 Å². The molecule has 33 valence electrons. The Hall–Kier alpha value is 0.692. The Morgan fingerprint density at radius 3 is 2.20 bits per heavy atom. The summed E-state index contributed by atoms with van der Waals surface area (Å²) in [4.78, 5) is 0. The molecule has 0 saturated carbocycles. The standard InChI is InChI=1S/C3H4Cl.Pd/c1-2-3-4;/h2H,1H3;. The zero-order valence-electron chi connectivity index (χ0n) is 2.77. The van der Waals surface area contributed by atoms with Gasteiger partial charge in [-0.3, -0.25) is 0 Å². The summed E-state index contributed by atoms with van der Waals surface area (Å²) < 4.78 is 0.702. The topological polar surface area (TPSA) is 0 Å². The molecule has 0 atom stereocenters. The predicted octanol–water partition coefficient (Wildman–Crippen LogP) is 1.63. The van der Waals surface area contributed by atoms with Gasteiger partial charge in [0.1, 0.15) is 0 Å². The Kier molecular flexibility index (Phi) is 3.31. The molecule has 0 radical (unpaired) electrons. The van der Waals surface area contributed by atoms with E-state index in [4.69, 9.17) is 11.6 Å². The second-order valence-electron chi connectivity index (χ2n) is 0.549. The third-order valence-corrected chi connectivity index (χ3v) is 0.867. The van der Waals surface area contributed by atoms with Crippen LogP contribution in [-0.2, 0) is 19.2 Å². The van der Waals surface area contributed by atoms with Crippen molar-refractivity contribution in [2.24, 2.45) is 0 Å². The molecule has 5 heavy (non-hydrogen) atoms. The first-order valence-corrected chi connectivity index (χ1v) is 2.37. The molecule has 0 unspecified atom stereocenters. The summed E-state index contributed by atoms with van der Waals surface area (Å²) in [5.41, 5.74) is 0. The number of allylic oxidation sites excluding steroid dienone is 1. The number of hydrogen-bond acceptors (Lipinski definition) is 0. The molecular weight excluding hydrogens is 178 g/mol. The van der Waals surface area contributed by atoms with E-state index >= 15 is 0 Å². The van der Waals surface area contributed by atoms with Gasteiger partial charge in [0.15, 0.2) is 0 Å². The number of halogens is 1. The molecule has 0 aromatic heterocycles. The molecule has 0 saturated heterocycles. The fourth-order valence-electron chi connectivity index (χ4n) is 0. The van der Waals surface area contributed by atoms with Crippen LogP contribution in [0, 0.1) is 0 Å². The minimum absolute atomic E-state index is 0.702.